The van der Waals surface area contributed by atoms with Gasteiger partial charge in [0.15, 0.2) is 5.82 Å². The van der Waals surface area contributed by atoms with Crippen LogP contribution in [0, 0.1) is 13.8 Å². The summed E-state index contributed by atoms with van der Waals surface area (Å²) < 4.78 is 0. The van der Waals surface area contributed by atoms with Crippen LogP contribution in [0.4, 0.5) is 17.2 Å². The summed E-state index contributed by atoms with van der Waals surface area (Å²) in [7, 11) is 0. The highest BCUT2D eigenvalue weighted by Gasteiger charge is 2.31. The Morgan fingerprint density at radius 1 is 1.33 bits per heavy atom. The number of aryl methyl sites for hydroxylation is 2. The lowest BCUT2D eigenvalue weighted by Gasteiger charge is -2.34. The minimum atomic E-state index is -0.461. The third kappa shape index (κ3) is 3.08. The number of pyridine rings is 1. The molecule has 0 saturated heterocycles. The lowest BCUT2D eigenvalue weighted by molar-refractivity contribution is -0.117. The fraction of sp³-hybridized carbons (Fsp3) is 0.278. The third-order valence-corrected chi connectivity index (χ3v) is 4.14. The monoisotopic (exact) mass is 324 g/mol. The molecule has 0 bridgehead atoms. The van der Waals surface area contributed by atoms with Crippen LogP contribution in [-0.2, 0) is 9.59 Å². The zero-order valence-electron chi connectivity index (χ0n) is 14.0. The van der Waals surface area contributed by atoms with Crippen molar-refractivity contribution >= 4 is 29.0 Å². The minimum Gasteiger partial charge on any atom is -0.334 e. The van der Waals surface area contributed by atoms with Crippen LogP contribution in [0.25, 0.3) is 0 Å². The molecule has 1 aromatic carbocycles. The van der Waals surface area contributed by atoms with E-state index in [9.17, 15) is 9.59 Å². The van der Waals surface area contributed by atoms with Crippen LogP contribution in [0.15, 0.2) is 36.5 Å². The highest BCUT2D eigenvalue weighted by molar-refractivity contribution is 6.04. The fourth-order valence-electron chi connectivity index (χ4n) is 2.71. The predicted molar refractivity (Wildman–Crippen MR) is 94.2 cm³/mol. The van der Waals surface area contributed by atoms with Crippen molar-refractivity contribution in [3.8, 4) is 0 Å². The van der Waals surface area contributed by atoms with Crippen LogP contribution < -0.4 is 15.5 Å². The number of nitrogens with one attached hydrogen (secondary N) is 2. The molecule has 1 atom stereocenters. The zero-order valence-corrected chi connectivity index (χ0v) is 14.0. The van der Waals surface area contributed by atoms with Gasteiger partial charge in [-0.2, -0.15) is 0 Å². The van der Waals surface area contributed by atoms with Gasteiger partial charge in [0.1, 0.15) is 6.04 Å². The molecule has 0 aliphatic carbocycles. The Hall–Kier alpha value is -2.89. The summed E-state index contributed by atoms with van der Waals surface area (Å²) in [5.41, 5.74) is 3.49. The molecule has 124 valence electrons. The van der Waals surface area contributed by atoms with Crippen LogP contribution in [-0.4, -0.2) is 29.4 Å². The molecule has 2 aromatic rings. The number of benzene rings is 1. The second-order valence-electron chi connectivity index (χ2n) is 6.03. The second kappa shape index (κ2) is 6.31. The molecule has 0 spiro atoms. The van der Waals surface area contributed by atoms with E-state index in [-0.39, 0.29) is 18.4 Å². The van der Waals surface area contributed by atoms with Gasteiger partial charge in [0.2, 0.25) is 11.8 Å². The number of fused-ring (bicyclic) bond motifs is 1. The molecule has 3 rings (SSSR count). The Labute approximate surface area is 140 Å². The first-order valence-electron chi connectivity index (χ1n) is 7.85. The Bertz CT molecular complexity index is 803. The summed E-state index contributed by atoms with van der Waals surface area (Å²) in [6.07, 6.45) is 1.65. The van der Waals surface area contributed by atoms with Crippen molar-refractivity contribution in [3.05, 3.63) is 47.7 Å². The van der Waals surface area contributed by atoms with Gasteiger partial charge in [-0.25, -0.2) is 4.98 Å². The van der Waals surface area contributed by atoms with E-state index in [0.29, 0.717) is 11.5 Å². The normalized spacial score (nSPS) is 16.4. The Balaban J connectivity index is 1.81. The molecule has 2 N–H and O–H groups in total. The van der Waals surface area contributed by atoms with Gasteiger partial charge in [-0.15, -0.1) is 0 Å². The highest BCUT2D eigenvalue weighted by atomic mass is 16.2. The molecule has 1 aliphatic heterocycles. The Kier molecular flexibility index (Phi) is 4.20. The molecule has 2 heterocycles. The van der Waals surface area contributed by atoms with Gasteiger partial charge in [-0.05, 0) is 50.1 Å². The van der Waals surface area contributed by atoms with E-state index in [1.54, 1.807) is 30.2 Å². The molecule has 1 aliphatic rings. The van der Waals surface area contributed by atoms with Gasteiger partial charge in [-0.1, -0.05) is 12.1 Å². The van der Waals surface area contributed by atoms with Gasteiger partial charge >= 0.3 is 0 Å². The number of carbonyl (C=O) groups is 2. The number of amides is 2. The average molecular weight is 324 g/mol. The van der Waals surface area contributed by atoms with Gasteiger partial charge in [0.05, 0.1) is 12.2 Å². The average Bonchev–Trinajstić information content (AvgIpc) is 2.55. The number of rotatable bonds is 3. The van der Waals surface area contributed by atoms with Crippen LogP contribution >= 0.6 is 0 Å². The molecule has 6 heteroatoms. The largest absolute Gasteiger partial charge is 0.334 e. The van der Waals surface area contributed by atoms with Crippen molar-refractivity contribution in [1.82, 2.24) is 4.98 Å². The quantitative estimate of drug-likeness (QED) is 0.909. The standard InChI is InChI=1S/C18H20N4O2/c1-11-6-7-12(2)15(9-11)20-16(23)10-22-13(3)18(24)21-14-5-4-8-19-17(14)22/h4-9,13H,10H2,1-3H3,(H,20,23)(H,21,24). The van der Waals surface area contributed by atoms with Gasteiger partial charge in [0, 0.05) is 11.9 Å². The zero-order chi connectivity index (χ0) is 17.3. The minimum absolute atomic E-state index is 0.0615. The summed E-state index contributed by atoms with van der Waals surface area (Å²) in [5, 5.41) is 5.73. The number of hydrogen-bond acceptors (Lipinski definition) is 4. The maximum atomic E-state index is 12.5. The summed E-state index contributed by atoms with van der Waals surface area (Å²) in [6, 6.07) is 8.98. The molecule has 2 amide bonds. The van der Waals surface area contributed by atoms with Gasteiger partial charge in [0.25, 0.3) is 0 Å². The van der Waals surface area contributed by atoms with Crippen LogP contribution in [0.2, 0.25) is 0 Å². The molecule has 0 fully saturated rings. The first kappa shape index (κ1) is 16.0. The number of anilines is 3. The Morgan fingerprint density at radius 2 is 2.12 bits per heavy atom. The van der Waals surface area contributed by atoms with Crippen molar-refractivity contribution < 1.29 is 9.59 Å². The topological polar surface area (TPSA) is 74.3 Å². The number of carbonyl (C=O) groups excluding carboxylic acids is 2. The summed E-state index contributed by atoms with van der Waals surface area (Å²) >= 11 is 0. The maximum Gasteiger partial charge on any atom is 0.246 e. The number of nitrogens with zero attached hydrogens (tertiary/aromatic N) is 2. The lowest BCUT2D eigenvalue weighted by atomic mass is 10.1. The molecule has 24 heavy (non-hydrogen) atoms. The van der Waals surface area contributed by atoms with Crippen molar-refractivity contribution in [3.63, 3.8) is 0 Å². The SMILES string of the molecule is Cc1ccc(C)c(NC(=O)CN2c3ncccc3NC(=O)C2C)c1. The molecule has 6 nitrogen and oxygen atoms in total. The van der Waals surface area contributed by atoms with E-state index in [0.717, 1.165) is 16.8 Å². The molecule has 1 unspecified atom stereocenters. The first-order valence-corrected chi connectivity index (χ1v) is 7.85. The van der Waals surface area contributed by atoms with Crippen molar-refractivity contribution in [2.75, 3.05) is 22.1 Å². The van der Waals surface area contributed by atoms with Crippen molar-refractivity contribution in [2.45, 2.75) is 26.8 Å². The molecular weight excluding hydrogens is 304 g/mol. The number of hydrogen-bond donors (Lipinski definition) is 2. The van der Waals surface area contributed by atoms with Gasteiger partial charge < -0.3 is 15.5 Å². The molecule has 0 saturated carbocycles. The van der Waals surface area contributed by atoms with Gasteiger partial charge in [-0.3, -0.25) is 9.59 Å². The van der Waals surface area contributed by atoms with E-state index in [4.69, 9.17) is 0 Å². The summed E-state index contributed by atoms with van der Waals surface area (Å²) in [4.78, 5) is 30.6. The van der Waals surface area contributed by atoms with Crippen LogP contribution in [0.3, 0.4) is 0 Å². The Morgan fingerprint density at radius 3 is 2.92 bits per heavy atom. The van der Waals surface area contributed by atoms with E-state index in [1.165, 1.54) is 0 Å². The second-order valence-corrected chi connectivity index (χ2v) is 6.03. The molecule has 0 radical (unpaired) electrons. The van der Waals surface area contributed by atoms with Crippen LogP contribution in [0.1, 0.15) is 18.1 Å². The first-order chi connectivity index (χ1) is 11.5. The maximum absolute atomic E-state index is 12.5. The predicted octanol–water partition coefficient (Wildman–Crippen LogP) is 2.48. The third-order valence-electron chi connectivity index (χ3n) is 4.14. The number of aromatic nitrogens is 1. The lowest BCUT2D eigenvalue weighted by Crippen LogP contribution is -2.49. The van der Waals surface area contributed by atoms with E-state index in [1.807, 2.05) is 32.0 Å². The van der Waals surface area contributed by atoms with E-state index >= 15 is 0 Å². The van der Waals surface area contributed by atoms with E-state index < -0.39 is 6.04 Å². The molecule has 1 aromatic heterocycles. The van der Waals surface area contributed by atoms with Crippen molar-refractivity contribution in [1.29, 1.82) is 0 Å². The van der Waals surface area contributed by atoms with E-state index in [2.05, 4.69) is 15.6 Å². The summed E-state index contributed by atoms with van der Waals surface area (Å²) in [5.74, 6) is 0.289. The molecular formula is C18H20N4O2. The van der Waals surface area contributed by atoms with Crippen LogP contribution in [0.5, 0.6) is 0 Å². The highest BCUT2D eigenvalue weighted by Crippen LogP contribution is 2.29. The smallest absolute Gasteiger partial charge is 0.246 e. The fourth-order valence-corrected chi connectivity index (χ4v) is 2.71. The summed E-state index contributed by atoms with van der Waals surface area (Å²) in [6.45, 7) is 5.75. The van der Waals surface area contributed by atoms with Crippen molar-refractivity contribution in [2.24, 2.45) is 0 Å².